The zero-order chi connectivity index (χ0) is 31.1. The van der Waals surface area contributed by atoms with Gasteiger partial charge in [-0.25, -0.2) is 0 Å². The minimum atomic E-state index is -0.531. The van der Waals surface area contributed by atoms with Crippen molar-refractivity contribution in [2.45, 2.75) is 129 Å². The number of guanidine groups is 1. The van der Waals surface area contributed by atoms with Crippen molar-refractivity contribution in [2.75, 3.05) is 13.7 Å². The van der Waals surface area contributed by atoms with Gasteiger partial charge in [0.15, 0.2) is 17.5 Å². The molecule has 1 aromatic rings. The molecule has 4 atom stereocenters. The van der Waals surface area contributed by atoms with E-state index < -0.39 is 12.2 Å². The minimum Gasteiger partial charge on any atom is -0.504 e. The van der Waals surface area contributed by atoms with Crippen LogP contribution in [0.4, 0.5) is 0 Å². The molecule has 1 heterocycles. The Kier molecular flexibility index (Phi) is 15.5. The fourth-order valence-corrected chi connectivity index (χ4v) is 5.94. The summed E-state index contributed by atoms with van der Waals surface area (Å²) in [5.41, 5.74) is 12.5. The lowest BCUT2D eigenvalue weighted by molar-refractivity contribution is -0.148. The predicted octanol–water partition coefficient (Wildman–Crippen LogP) is 4.56. The van der Waals surface area contributed by atoms with Gasteiger partial charge in [0.05, 0.1) is 13.2 Å². The van der Waals surface area contributed by atoms with Crippen molar-refractivity contribution in [3.05, 3.63) is 23.3 Å². The molecule has 0 bridgehead atoms. The number of amides is 1. The van der Waals surface area contributed by atoms with Gasteiger partial charge in [0.25, 0.3) is 0 Å². The third-order valence-electron chi connectivity index (χ3n) is 8.14. The van der Waals surface area contributed by atoms with Crippen LogP contribution >= 0.6 is 0 Å². The van der Waals surface area contributed by atoms with Gasteiger partial charge in [0.2, 0.25) is 5.91 Å². The Balaban J connectivity index is 2.22. The van der Waals surface area contributed by atoms with E-state index in [0.717, 1.165) is 50.5 Å². The molecule has 1 saturated heterocycles. The quantitative estimate of drug-likeness (QED) is 0.0744. The third kappa shape index (κ3) is 11.7. The number of aromatic hydroxyl groups is 1. The van der Waals surface area contributed by atoms with Crippen molar-refractivity contribution >= 4 is 17.8 Å². The third-order valence-corrected chi connectivity index (χ3v) is 8.14. The highest BCUT2D eigenvalue weighted by Crippen LogP contribution is 2.38. The molecule has 1 amide bonds. The van der Waals surface area contributed by atoms with E-state index in [1.807, 2.05) is 11.0 Å². The van der Waals surface area contributed by atoms with Crippen LogP contribution in [0.2, 0.25) is 0 Å². The van der Waals surface area contributed by atoms with Crippen LogP contribution in [0.25, 0.3) is 0 Å². The van der Waals surface area contributed by atoms with Crippen LogP contribution in [0.1, 0.15) is 109 Å². The van der Waals surface area contributed by atoms with Gasteiger partial charge in [0.1, 0.15) is 6.10 Å². The molecule has 10 nitrogen and oxygen atoms in total. The number of benzene rings is 1. The molecule has 1 aliphatic heterocycles. The second kappa shape index (κ2) is 18.5. The number of hydrogen-bond acceptors (Lipinski definition) is 7. The maximum absolute atomic E-state index is 13.3. The standard InChI is InChI=1S/C32H54N4O6/c1-5-7-9-11-26(38)20-27(42-22(3)37)14-13-23-17-25(31(40)29(18-23)41-4)21-36-28(12-10-8-6-2)24(19-30(36)39)15-16-35-32(33)34/h17-18,24,26-28,38,40H,5-16,19-21H2,1-4H3,(H4,33,34,35)/t24-,26+,27-,28-/m1/s1. The SMILES string of the molecule is CCCCC[C@H](O)C[C@@H](CCc1cc(CN2C(=O)C[C@@H](CCN=C(N)N)[C@H]2CCCCC)c(O)c(OC)c1)OC(C)=O. The molecule has 1 aliphatic rings. The Morgan fingerprint density at radius 1 is 1.12 bits per heavy atom. The van der Waals surface area contributed by atoms with Crippen LogP contribution in [0.15, 0.2) is 17.1 Å². The Labute approximate surface area is 251 Å². The topological polar surface area (TPSA) is 161 Å². The molecule has 6 N–H and O–H groups in total. The van der Waals surface area contributed by atoms with Gasteiger partial charge in [-0.2, -0.15) is 0 Å². The molecule has 0 spiro atoms. The first-order valence-corrected chi connectivity index (χ1v) is 15.7. The fraction of sp³-hybridized carbons (Fsp3) is 0.719. The van der Waals surface area contributed by atoms with Crippen molar-refractivity contribution in [1.29, 1.82) is 0 Å². The van der Waals surface area contributed by atoms with Crippen LogP contribution in [0.5, 0.6) is 11.5 Å². The monoisotopic (exact) mass is 590 g/mol. The Morgan fingerprint density at radius 2 is 1.83 bits per heavy atom. The average molecular weight is 591 g/mol. The minimum absolute atomic E-state index is 0.0215. The molecule has 0 aliphatic carbocycles. The average Bonchev–Trinajstić information content (AvgIpc) is 3.22. The molecule has 238 valence electrons. The van der Waals surface area contributed by atoms with Crippen molar-refractivity contribution in [2.24, 2.45) is 22.4 Å². The number of aliphatic hydroxyl groups is 1. The summed E-state index contributed by atoms with van der Waals surface area (Å²) in [6, 6.07) is 3.72. The first-order chi connectivity index (χ1) is 20.1. The number of unbranched alkanes of at least 4 members (excludes halogenated alkanes) is 4. The van der Waals surface area contributed by atoms with Crippen molar-refractivity contribution in [3.8, 4) is 11.5 Å². The fourth-order valence-electron chi connectivity index (χ4n) is 5.94. The number of nitrogens with two attached hydrogens (primary N) is 2. The van der Waals surface area contributed by atoms with E-state index in [1.165, 1.54) is 14.0 Å². The number of likely N-dealkylation sites (tertiary alicyclic amines) is 1. The maximum atomic E-state index is 13.3. The summed E-state index contributed by atoms with van der Waals surface area (Å²) in [7, 11) is 1.51. The van der Waals surface area contributed by atoms with Crippen LogP contribution in [0, 0.1) is 5.92 Å². The number of nitrogens with zero attached hydrogens (tertiary/aromatic N) is 2. The first kappa shape index (κ1) is 35.2. The number of esters is 1. The van der Waals surface area contributed by atoms with Crippen molar-refractivity contribution < 1.29 is 29.3 Å². The molecule has 0 radical (unpaired) electrons. The van der Waals surface area contributed by atoms with E-state index >= 15 is 0 Å². The largest absolute Gasteiger partial charge is 0.504 e. The van der Waals surface area contributed by atoms with E-state index in [9.17, 15) is 19.8 Å². The summed E-state index contributed by atoms with van der Waals surface area (Å²) in [6.45, 7) is 6.40. The number of phenolic OH excluding ortho intramolecular Hbond substituents is 1. The van der Waals surface area contributed by atoms with Gasteiger partial charge in [0, 0.05) is 44.5 Å². The predicted molar refractivity (Wildman–Crippen MR) is 165 cm³/mol. The summed E-state index contributed by atoms with van der Waals surface area (Å²) in [5, 5.41) is 21.5. The maximum Gasteiger partial charge on any atom is 0.302 e. The van der Waals surface area contributed by atoms with E-state index in [0.29, 0.717) is 56.4 Å². The van der Waals surface area contributed by atoms with Crippen LogP contribution < -0.4 is 16.2 Å². The first-order valence-electron chi connectivity index (χ1n) is 15.7. The molecule has 10 heteroatoms. The lowest BCUT2D eigenvalue weighted by Crippen LogP contribution is -2.35. The molecule has 0 aromatic heterocycles. The number of aliphatic imine (C=N–C) groups is 1. The van der Waals surface area contributed by atoms with Gasteiger partial charge in [-0.1, -0.05) is 58.4 Å². The highest BCUT2D eigenvalue weighted by molar-refractivity contribution is 5.79. The second-order valence-electron chi connectivity index (χ2n) is 11.6. The second-order valence-corrected chi connectivity index (χ2v) is 11.6. The molecule has 42 heavy (non-hydrogen) atoms. The van der Waals surface area contributed by atoms with E-state index in [1.54, 1.807) is 6.07 Å². The highest BCUT2D eigenvalue weighted by atomic mass is 16.5. The number of aliphatic hydroxyl groups excluding tert-OH is 1. The molecule has 0 unspecified atom stereocenters. The lowest BCUT2D eigenvalue weighted by atomic mass is 9.92. The molecule has 2 rings (SSSR count). The summed E-state index contributed by atoms with van der Waals surface area (Å²) >= 11 is 0. The van der Waals surface area contributed by atoms with Gasteiger partial charge in [-0.05, 0) is 49.7 Å². The van der Waals surface area contributed by atoms with Crippen molar-refractivity contribution in [3.63, 3.8) is 0 Å². The number of methoxy groups -OCH3 is 1. The van der Waals surface area contributed by atoms with Gasteiger partial charge in [-0.15, -0.1) is 0 Å². The Bertz CT molecular complexity index is 1010. The summed E-state index contributed by atoms with van der Waals surface area (Å²) in [6.07, 6.45) is 9.47. The number of ether oxygens (including phenoxy) is 2. The summed E-state index contributed by atoms with van der Waals surface area (Å²) < 4.78 is 11.0. The van der Waals surface area contributed by atoms with Crippen LogP contribution in [-0.4, -0.2) is 64.9 Å². The summed E-state index contributed by atoms with van der Waals surface area (Å²) in [5.74, 6) is 0.230. The molecular formula is C32H54N4O6. The number of hydrogen-bond donors (Lipinski definition) is 4. The number of carbonyl (C=O) groups excluding carboxylic acids is 2. The normalized spacial score (nSPS) is 18.1. The van der Waals surface area contributed by atoms with Crippen molar-refractivity contribution in [1.82, 2.24) is 4.90 Å². The summed E-state index contributed by atoms with van der Waals surface area (Å²) in [4.78, 5) is 31.0. The zero-order valence-electron chi connectivity index (χ0n) is 26.1. The highest BCUT2D eigenvalue weighted by Gasteiger charge is 2.39. The lowest BCUT2D eigenvalue weighted by Gasteiger charge is -2.29. The van der Waals surface area contributed by atoms with Crippen LogP contribution in [-0.2, 0) is 27.3 Å². The number of rotatable bonds is 20. The van der Waals surface area contributed by atoms with E-state index in [-0.39, 0.29) is 42.1 Å². The van der Waals surface area contributed by atoms with E-state index in [4.69, 9.17) is 20.9 Å². The molecule has 0 saturated carbocycles. The molecular weight excluding hydrogens is 536 g/mol. The smallest absolute Gasteiger partial charge is 0.302 e. The van der Waals surface area contributed by atoms with Gasteiger partial charge < -0.3 is 36.1 Å². The molecule has 1 fully saturated rings. The van der Waals surface area contributed by atoms with E-state index in [2.05, 4.69) is 18.8 Å². The van der Waals surface area contributed by atoms with Crippen LogP contribution in [0.3, 0.4) is 0 Å². The number of aryl methyl sites for hydroxylation is 1. The van der Waals surface area contributed by atoms with Gasteiger partial charge in [-0.3, -0.25) is 14.6 Å². The Morgan fingerprint density at radius 3 is 2.48 bits per heavy atom. The number of phenols is 1. The Hall–Kier alpha value is -3.01. The molecule has 1 aromatic carbocycles. The van der Waals surface area contributed by atoms with Gasteiger partial charge >= 0.3 is 5.97 Å². The number of carbonyl (C=O) groups is 2. The zero-order valence-corrected chi connectivity index (χ0v) is 26.1.